The molecule has 2 aromatic rings. The van der Waals surface area contributed by atoms with Gasteiger partial charge in [0.15, 0.2) is 0 Å². The molecule has 1 atom stereocenters. The molecule has 130 valence electrons. The number of thiophene rings is 1. The van der Waals surface area contributed by atoms with Crippen molar-refractivity contribution >= 4 is 23.1 Å². The fraction of sp³-hybridized carbons (Fsp3) is 0.389. The zero-order valence-corrected chi connectivity index (χ0v) is 15.0. The smallest absolute Gasteiger partial charge is 0.319 e. The third-order valence-electron chi connectivity index (χ3n) is 3.65. The zero-order valence-electron chi connectivity index (χ0n) is 14.2. The minimum Gasteiger partial charge on any atom is -0.387 e. The van der Waals surface area contributed by atoms with Crippen LogP contribution in [0.2, 0.25) is 0 Å². The van der Waals surface area contributed by atoms with Crippen LogP contribution in [0.5, 0.6) is 0 Å². The number of urea groups is 1. The number of amides is 2. The summed E-state index contributed by atoms with van der Waals surface area (Å²) in [4.78, 5) is 12.1. The lowest BCUT2D eigenvalue weighted by Gasteiger charge is -2.15. The van der Waals surface area contributed by atoms with E-state index in [1.165, 1.54) is 11.3 Å². The Morgan fingerprint density at radius 3 is 2.79 bits per heavy atom. The van der Waals surface area contributed by atoms with E-state index >= 15 is 0 Å². The first-order valence-electron chi connectivity index (χ1n) is 7.92. The Labute approximate surface area is 146 Å². The first-order chi connectivity index (χ1) is 11.5. The largest absolute Gasteiger partial charge is 0.387 e. The van der Waals surface area contributed by atoms with Gasteiger partial charge in [0.05, 0.1) is 18.8 Å². The monoisotopic (exact) mass is 348 g/mol. The van der Waals surface area contributed by atoms with Crippen LogP contribution in [0.4, 0.5) is 10.5 Å². The molecular weight excluding hydrogens is 324 g/mol. The summed E-state index contributed by atoms with van der Waals surface area (Å²) in [5.74, 6) is 0. The number of hydrogen-bond acceptors (Lipinski definition) is 4. The summed E-state index contributed by atoms with van der Waals surface area (Å²) >= 11 is 1.51. The fourth-order valence-electron chi connectivity index (χ4n) is 2.17. The standard InChI is InChI=1S/C18H24N2O3S/c1-12(2)23-10-14-5-4-6-16(13(14)3)20-18(22)19-9-17(21)15-7-8-24-11-15/h4-8,11-12,17,21H,9-10H2,1-3H3,(H2,19,20,22). The molecule has 6 heteroatoms. The summed E-state index contributed by atoms with van der Waals surface area (Å²) in [6, 6.07) is 7.23. The van der Waals surface area contributed by atoms with Crippen molar-refractivity contribution in [1.29, 1.82) is 0 Å². The molecule has 0 aliphatic rings. The lowest BCUT2D eigenvalue weighted by atomic mass is 10.1. The summed E-state index contributed by atoms with van der Waals surface area (Å²) in [5, 5.41) is 19.3. The number of rotatable bonds is 7. The molecule has 1 aromatic carbocycles. The number of hydrogen-bond donors (Lipinski definition) is 3. The molecule has 0 aliphatic heterocycles. The van der Waals surface area contributed by atoms with Crippen molar-refractivity contribution in [3.8, 4) is 0 Å². The van der Waals surface area contributed by atoms with Gasteiger partial charge in [-0.3, -0.25) is 0 Å². The SMILES string of the molecule is Cc1c(COC(C)C)cccc1NC(=O)NCC(O)c1ccsc1. The molecule has 1 heterocycles. The van der Waals surface area contributed by atoms with Gasteiger partial charge in [-0.15, -0.1) is 0 Å². The van der Waals surface area contributed by atoms with Crippen LogP contribution in [0.1, 0.15) is 36.6 Å². The van der Waals surface area contributed by atoms with Gasteiger partial charge in [-0.1, -0.05) is 12.1 Å². The molecule has 1 unspecified atom stereocenters. The number of carbonyl (C=O) groups is 1. The Morgan fingerprint density at radius 1 is 1.33 bits per heavy atom. The molecule has 0 saturated carbocycles. The Morgan fingerprint density at radius 2 is 2.12 bits per heavy atom. The quantitative estimate of drug-likeness (QED) is 0.712. The van der Waals surface area contributed by atoms with E-state index in [-0.39, 0.29) is 18.7 Å². The third-order valence-corrected chi connectivity index (χ3v) is 4.35. The highest BCUT2D eigenvalue weighted by molar-refractivity contribution is 7.07. The summed E-state index contributed by atoms with van der Waals surface area (Å²) in [6.45, 7) is 6.61. The van der Waals surface area contributed by atoms with Gasteiger partial charge >= 0.3 is 6.03 Å². The lowest BCUT2D eigenvalue weighted by Crippen LogP contribution is -2.32. The second-order valence-corrected chi connectivity index (χ2v) is 6.64. The van der Waals surface area contributed by atoms with E-state index in [0.717, 1.165) is 22.4 Å². The topological polar surface area (TPSA) is 70.6 Å². The van der Waals surface area contributed by atoms with Gasteiger partial charge in [0, 0.05) is 12.2 Å². The number of aliphatic hydroxyl groups is 1. The van der Waals surface area contributed by atoms with Crippen LogP contribution >= 0.6 is 11.3 Å². The number of ether oxygens (including phenoxy) is 1. The van der Waals surface area contributed by atoms with E-state index in [1.807, 2.05) is 55.8 Å². The van der Waals surface area contributed by atoms with E-state index in [1.54, 1.807) is 0 Å². The molecular formula is C18H24N2O3S. The van der Waals surface area contributed by atoms with Gasteiger partial charge in [-0.05, 0) is 60.4 Å². The maximum absolute atomic E-state index is 12.1. The first kappa shape index (κ1) is 18.4. The van der Waals surface area contributed by atoms with Gasteiger partial charge in [0.25, 0.3) is 0 Å². The molecule has 2 amide bonds. The Kier molecular flexibility index (Phi) is 6.78. The molecule has 0 spiro atoms. The average Bonchev–Trinajstić information content (AvgIpc) is 3.08. The normalized spacial score (nSPS) is 12.2. The van der Waals surface area contributed by atoms with Gasteiger partial charge < -0.3 is 20.5 Å². The molecule has 0 fully saturated rings. The lowest BCUT2D eigenvalue weighted by molar-refractivity contribution is 0.0654. The Balaban J connectivity index is 1.90. The molecule has 24 heavy (non-hydrogen) atoms. The predicted octanol–water partition coefficient (Wildman–Crippen LogP) is 3.84. The minimum absolute atomic E-state index is 0.155. The molecule has 0 saturated heterocycles. The van der Waals surface area contributed by atoms with Crippen molar-refractivity contribution in [2.75, 3.05) is 11.9 Å². The van der Waals surface area contributed by atoms with Crippen LogP contribution in [0.15, 0.2) is 35.0 Å². The number of nitrogens with one attached hydrogen (secondary N) is 2. The molecule has 0 bridgehead atoms. The molecule has 2 rings (SSSR count). The highest BCUT2D eigenvalue weighted by atomic mass is 32.1. The van der Waals surface area contributed by atoms with E-state index < -0.39 is 6.10 Å². The maximum atomic E-state index is 12.1. The molecule has 0 radical (unpaired) electrons. The third kappa shape index (κ3) is 5.33. The molecule has 5 nitrogen and oxygen atoms in total. The molecule has 1 aromatic heterocycles. The van der Waals surface area contributed by atoms with Crippen molar-refractivity contribution in [3.05, 3.63) is 51.7 Å². The second-order valence-electron chi connectivity index (χ2n) is 5.86. The molecule has 3 N–H and O–H groups in total. The molecule has 0 aliphatic carbocycles. The fourth-order valence-corrected chi connectivity index (χ4v) is 2.88. The van der Waals surface area contributed by atoms with Crippen LogP contribution in [0, 0.1) is 6.92 Å². The van der Waals surface area contributed by atoms with Gasteiger partial charge in [-0.25, -0.2) is 4.79 Å². The Hall–Kier alpha value is -1.89. The number of benzene rings is 1. The van der Waals surface area contributed by atoms with E-state index in [0.29, 0.717) is 6.61 Å². The Bertz CT molecular complexity index is 656. The van der Waals surface area contributed by atoms with Crippen molar-refractivity contribution < 1.29 is 14.6 Å². The maximum Gasteiger partial charge on any atom is 0.319 e. The summed E-state index contributed by atoms with van der Waals surface area (Å²) in [7, 11) is 0. The van der Waals surface area contributed by atoms with E-state index in [2.05, 4.69) is 10.6 Å². The highest BCUT2D eigenvalue weighted by Crippen LogP contribution is 2.20. The van der Waals surface area contributed by atoms with Crippen LogP contribution < -0.4 is 10.6 Å². The number of anilines is 1. The van der Waals surface area contributed by atoms with Crippen molar-refractivity contribution in [2.24, 2.45) is 0 Å². The predicted molar refractivity (Wildman–Crippen MR) is 97.4 cm³/mol. The highest BCUT2D eigenvalue weighted by Gasteiger charge is 2.11. The van der Waals surface area contributed by atoms with Crippen molar-refractivity contribution in [1.82, 2.24) is 5.32 Å². The van der Waals surface area contributed by atoms with Gasteiger partial charge in [0.2, 0.25) is 0 Å². The first-order valence-corrected chi connectivity index (χ1v) is 8.86. The number of aliphatic hydroxyl groups excluding tert-OH is 1. The minimum atomic E-state index is -0.700. The van der Waals surface area contributed by atoms with Crippen molar-refractivity contribution in [3.63, 3.8) is 0 Å². The second kappa shape index (κ2) is 8.82. The number of carbonyl (C=O) groups excluding carboxylic acids is 1. The van der Waals surface area contributed by atoms with Gasteiger partial charge in [0.1, 0.15) is 0 Å². The van der Waals surface area contributed by atoms with Crippen LogP contribution in [-0.2, 0) is 11.3 Å². The summed E-state index contributed by atoms with van der Waals surface area (Å²) in [6.07, 6.45) is -0.545. The van der Waals surface area contributed by atoms with E-state index in [9.17, 15) is 9.90 Å². The van der Waals surface area contributed by atoms with Gasteiger partial charge in [-0.2, -0.15) is 11.3 Å². The summed E-state index contributed by atoms with van der Waals surface area (Å²) < 4.78 is 5.63. The zero-order chi connectivity index (χ0) is 17.5. The van der Waals surface area contributed by atoms with Crippen molar-refractivity contribution in [2.45, 2.75) is 39.6 Å². The van der Waals surface area contributed by atoms with E-state index in [4.69, 9.17) is 4.74 Å². The summed E-state index contributed by atoms with van der Waals surface area (Å²) in [5.41, 5.74) is 3.57. The average molecular weight is 348 g/mol. The van der Waals surface area contributed by atoms with Crippen LogP contribution in [0.25, 0.3) is 0 Å². The van der Waals surface area contributed by atoms with Crippen LogP contribution in [0.3, 0.4) is 0 Å². The van der Waals surface area contributed by atoms with Crippen LogP contribution in [-0.4, -0.2) is 23.8 Å².